The molecule has 4 nitrogen and oxygen atoms in total. The highest BCUT2D eigenvalue weighted by molar-refractivity contribution is 7.22. The summed E-state index contributed by atoms with van der Waals surface area (Å²) in [6.07, 6.45) is 3.32. The van der Waals surface area contributed by atoms with Crippen LogP contribution in [-0.2, 0) is 22.4 Å². The highest BCUT2D eigenvalue weighted by Gasteiger charge is 2.47. The van der Waals surface area contributed by atoms with Gasteiger partial charge >= 0.3 is 5.97 Å². The van der Waals surface area contributed by atoms with Gasteiger partial charge < -0.3 is 9.47 Å². The third-order valence-electron chi connectivity index (χ3n) is 6.71. The van der Waals surface area contributed by atoms with Crippen LogP contribution in [0.4, 0.5) is 0 Å². The van der Waals surface area contributed by atoms with Gasteiger partial charge in [0.05, 0.1) is 0 Å². The van der Waals surface area contributed by atoms with Crippen molar-refractivity contribution in [3.05, 3.63) is 59.9 Å². The molecule has 0 bridgehead atoms. The van der Waals surface area contributed by atoms with E-state index in [0.717, 1.165) is 42.8 Å². The zero-order valence-corrected chi connectivity index (χ0v) is 21.1. The molecule has 2 atom stereocenters. The van der Waals surface area contributed by atoms with Gasteiger partial charge in [-0.3, -0.25) is 4.98 Å². The number of ether oxygens (including phenoxy) is 2. The van der Waals surface area contributed by atoms with Gasteiger partial charge in [0.25, 0.3) is 0 Å². The summed E-state index contributed by atoms with van der Waals surface area (Å²) in [5.41, 5.74) is 3.67. The van der Waals surface area contributed by atoms with Crippen molar-refractivity contribution in [2.24, 2.45) is 5.41 Å². The van der Waals surface area contributed by atoms with E-state index in [9.17, 15) is 4.79 Å². The minimum atomic E-state index is -0.325. The Bertz CT molecular complexity index is 1190. The van der Waals surface area contributed by atoms with E-state index in [2.05, 4.69) is 64.6 Å². The predicted octanol–water partition coefficient (Wildman–Crippen LogP) is 7.14. The van der Waals surface area contributed by atoms with Crippen LogP contribution < -0.4 is 4.74 Å². The van der Waals surface area contributed by atoms with Gasteiger partial charge in [-0.2, -0.15) is 0 Å². The first-order valence-corrected chi connectivity index (χ1v) is 12.6. The lowest BCUT2D eigenvalue weighted by atomic mass is 9.86. The number of aryl methyl sites for hydroxylation is 2. The SMILES string of the molecule is C=C(C)C(=O)OC1CCC(Oc2ccc3cc(-c4ccc(CC)nc4CC)sc3c2)C1(C)C. The molecule has 1 saturated carbocycles. The number of hydrogen-bond donors (Lipinski definition) is 0. The van der Waals surface area contributed by atoms with Crippen molar-refractivity contribution in [3.63, 3.8) is 0 Å². The second-order valence-corrected chi connectivity index (χ2v) is 10.6. The van der Waals surface area contributed by atoms with Gasteiger partial charge in [0, 0.05) is 37.5 Å². The molecule has 1 aliphatic rings. The second-order valence-electron chi connectivity index (χ2n) is 9.49. The third kappa shape index (κ3) is 4.70. The van der Waals surface area contributed by atoms with Gasteiger partial charge in [-0.1, -0.05) is 34.3 Å². The molecule has 1 aliphatic carbocycles. The molecular formula is C28H33NO3S. The van der Waals surface area contributed by atoms with Gasteiger partial charge in [0.1, 0.15) is 18.0 Å². The number of carbonyl (C=O) groups excluding carboxylic acids is 1. The summed E-state index contributed by atoms with van der Waals surface area (Å²) in [5.74, 6) is 0.533. The molecule has 0 aliphatic heterocycles. The zero-order chi connectivity index (χ0) is 23.8. The van der Waals surface area contributed by atoms with E-state index in [0.29, 0.717) is 5.57 Å². The Kier molecular flexibility index (Phi) is 6.62. The summed E-state index contributed by atoms with van der Waals surface area (Å²) < 4.78 is 13.3. The fourth-order valence-corrected chi connectivity index (χ4v) is 5.66. The maximum Gasteiger partial charge on any atom is 0.333 e. The smallest absolute Gasteiger partial charge is 0.333 e. The minimum absolute atomic E-state index is 0.0187. The van der Waals surface area contributed by atoms with E-state index in [1.165, 1.54) is 20.5 Å². The summed E-state index contributed by atoms with van der Waals surface area (Å²) >= 11 is 1.78. The largest absolute Gasteiger partial charge is 0.490 e. The minimum Gasteiger partial charge on any atom is -0.490 e. The van der Waals surface area contributed by atoms with E-state index in [4.69, 9.17) is 14.5 Å². The van der Waals surface area contributed by atoms with Crippen molar-refractivity contribution in [1.82, 2.24) is 4.98 Å². The molecular weight excluding hydrogens is 430 g/mol. The van der Waals surface area contributed by atoms with Crippen LogP contribution in [0.3, 0.4) is 0 Å². The molecule has 0 N–H and O–H groups in total. The summed E-state index contributed by atoms with van der Waals surface area (Å²) in [6, 6.07) is 12.9. The van der Waals surface area contributed by atoms with Gasteiger partial charge in [-0.15, -0.1) is 11.3 Å². The number of aromatic nitrogens is 1. The van der Waals surface area contributed by atoms with E-state index < -0.39 is 0 Å². The van der Waals surface area contributed by atoms with Gasteiger partial charge in [-0.05, 0) is 74.4 Å². The van der Waals surface area contributed by atoms with E-state index >= 15 is 0 Å². The van der Waals surface area contributed by atoms with Crippen molar-refractivity contribution in [2.45, 2.75) is 72.5 Å². The Balaban J connectivity index is 1.55. The predicted molar refractivity (Wildman–Crippen MR) is 136 cm³/mol. The fraction of sp³-hybridized carbons (Fsp3) is 0.429. The molecule has 0 saturated heterocycles. The van der Waals surface area contributed by atoms with E-state index in [1.54, 1.807) is 18.3 Å². The average molecular weight is 464 g/mol. The summed E-state index contributed by atoms with van der Waals surface area (Å²) in [7, 11) is 0. The third-order valence-corrected chi connectivity index (χ3v) is 7.84. The van der Waals surface area contributed by atoms with Crippen molar-refractivity contribution in [3.8, 4) is 16.2 Å². The van der Waals surface area contributed by atoms with Gasteiger partial charge in [-0.25, -0.2) is 4.79 Å². The normalized spacial score (nSPS) is 19.5. The summed E-state index contributed by atoms with van der Waals surface area (Å²) in [5, 5.41) is 1.21. The Morgan fingerprint density at radius 3 is 2.58 bits per heavy atom. The number of pyridine rings is 1. The average Bonchev–Trinajstić information content (AvgIpc) is 3.33. The number of benzene rings is 1. The number of carbonyl (C=O) groups is 1. The standard InChI is InChI=1S/C28H33NO3S/c1-7-19-10-12-21(22(8-2)29-19)24-15-18-9-11-20(16-23(18)33-24)31-25-13-14-26(28(25,5)6)32-27(30)17(3)4/h9-12,15-16,25-26H,3,7-8,13-14H2,1-2,4-6H3. The number of esters is 1. The highest BCUT2D eigenvalue weighted by atomic mass is 32.1. The maximum atomic E-state index is 12.0. The Morgan fingerprint density at radius 2 is 1.88 bits per heavy atom. The molecule has 3 aromatic rings. The Morgan fingerprint density at radius 1 is 1.12 bits per heavy atom. The van der Waals surface area contributed by atoms with Crippen LogP contribution >= 0.6 is 11.3 Å². The van der Waals surface area contributed by atoms with Crippen LogP contribution in [0.5, 0.6) is 5.75 Å². The first kappa shape index (κ1) is 23.5. The van der Waals surface area contributed by atoms with Crippen molar-refractivity contribution < 1.29 is 14.3 Å². The number of rotatable bonds is 7. The van der Waals surface area contributed by atoms with Crippen molar-refractivity contribution in [2.75, 3.05) is 0 Å². The fourth-order valence-electron chi connectivity index (χ4n) is 4.52. The van der Waals surface area contributed by atoms with E-state index in [-0.39, 0.29) is 23.6 Å². The molecule has 1 aromatic carbocycles. The van der Waals surface area contributed by atoms with E-state index in [1.807, 2.05) is 6.07 Å². The Labute approximate surface area is 200 Å². The molecule has 2 aromatic heterocycles. The summed E-state index contributed by atoms with van der Waals surface area (Å²) in [6.45, 7) is 13.9. The van der Waals surface area contributed by atoms with Crippen LogP contribution in [0.1, 0.15) is 58.8 Å². The Hall–Kier alpha value is -2.66. The molecule has 33 heavy (non-hydrogen) atoms. The molecule has 2 heterocycles. The highest BCUT2D eigenvalue weighted by Crippen LogP contribution is 2.43. The molecule has 0 spiro atoms. The van der Waals surface area contributed by atoms with Crippen LogP contribution in [0.25, 0.3) is 20.5 Å². The van der Waals surface area contributed by atoms with Crippen LogP contribution in [0, 0.1) is 5.41 Å². The maximum absolute atomic E-state index is 12.0. The lowest BCUT2D eigenvalue weighted by molar-refractivity contribution is -0.150. The van der Waals surface area contributed by atoms with Crippen LogP contribution in [-0.4, -0.2) is 23.2 Å². The van der Waals surface area contributed by atoms with Gasteiger partial charge in [0.2, 0.25) is 0 Å². The quantitative estimate of drug-likeness (QED) is 0.276. The molecule has 2 unspecified atom stereocenters. The number of hydrogen-bond acceptors (Lipinski definition) is 5. The first-order chi connectivity index (χ1) is 15.7. The summed E-state index contributed by atoms with van der Waals surface area (Å²) in [4.78, 5) is 18.1. The molecule has 4 rings (SSSR count). The number of thiophene rings is 1. The second kappa shape index (κ2) is 9.30. The van der Waals surface area contributed by atoms with Crippen LogP contribution in [0.15, 0.2) is 48.6 Å². The van der Waals surface area contributed by atoms with Crippen molar-refractivity contribution in [1.29, 1.82) is 0 Å². The molecule has 174 valence electrons. The molecule has 5 heteroatoms. The lowest BCUT2D eigenvalue weighted by Gasteiger charge is -2.32. The molecule has 1 fully saturated rings. The molecule has 0 amide bonds. The number of nitrogens with zero attached hydrogens (tertiary/aromatic N) is 1. The lowest BCUT2D eigenvalue weighted by Crippen LogP contribution is -2.38. The topological polar surface area (TPSA) is 48.4 Å². The van der Waals surface area contributed by atoms with Crippen molar-refractivity contribution >= 4 is 27.4 Å². The van der Waals surface area contributed by atoms with Gasteiger partial charge in [0.15, 0.2) is 0 Å². The number of fused-ring (bicyclic) bond motifs is 1. The first-order valence-electron chi connectivity index (χ1n) is 11.8. The van der Waals surface area contributed by atoms with Crippen LogP contribution in [0.2, 0.25) is 0 Å². The molecule has 0 radical (unpaired) electrons. The monoisotopic (exact) mass is 463 g/mol. The zero-order valence-electron chi connectivity index (χ0n) is 20.2.